The van der Waals surface area contributed by atoms with Gasteiger partial charge in [0.25, 0.3) is 0 Å². The van der Waals surface area contributed by atoms with Gasteiger partial charge >= 0.3 is 0 Å². The van der Waals surface area contributed by atoms with E-state index < -0.39 is 0 Å². The standard InChI is InChI=1S/C20H20N2O4S2/c1-2-24-13-4-6-15-18(10-13)28-20(21-15)22-19(23)12-27-14-5-7-16-17(11-14)26-9-3-8-25-16/h4-7,10-11H,2-3,8-9,12H2,1H3,(H,21,22,23). The van der Waals surface area contributed by atoms with Crippen molar-refractivity contribution in [2.24, 2.45) is 0 Å². The Morgan fingerprint density at radius 1 is 1.21 bits per heavy atom. The van der Waals surface area contributed by atoms with Crippen molar-refractivity contribution in [3.8, 4) is 17.2 Å². The van der Waals surface area contributed by atoms with E-state index in [2.05, 4.69) is 10.3 Å². The van der Waals surface area contributed by atoms with Gasteiger partial charge in [-0.15, -0.1) is 11.8 Å². The number of carbonyl (C=O) groups is 1. The predicted molar refractivity (Wildman–Crippen MR) is 112 cm³/mol. The van der Waals surface area contributed by atoms with Gasteiger partial charge in [0, 0.05) is 11.3 Å². The third-order valence-corrected chi connectivity index (χ3v) is 5.93. The van der Waals surface area contributed by atoms with Gasteiger partial charge in [-0.05, 0) is 43.3 Å². The number of amides is 1. The fourth-order valence-corrected chi connectivity index (χ4v) is 4.39. The molecule has 0 radical (unpaired) electrons. The largest absolute Gasteiger partial charge is 0.494 e. The Morgan fingerprint density at radius 2 is 2.07 bits per heavy atom. The molecule has 1 aliphatic heterocycles. The van der Waals surface area contributed by atoms with Crippen molar-refractivity contribution in [2.45, 2.75) is 18.2 Å². The zero-order valence-electron chi connectivity index (χ0n) is 15.4. The second-order valence-electron chi connectivity index (χ2n) is 6.08. The maximum Gasteiger partial charge on any atom is 0.236 e. The average molecular weight is 417 g/mol. The van der Waals surface area contributed by atoms with E-state index in [0.29, 0.717) is 30.7 Å². The summed E-state index contributed by atoms with van der Waals surface area (Å²) in [6.45, 7) is 3.87. The molecule has 2 heterocycles. The number of hydrogen-bond acceptors (Lipinski definition) is 7. The molecule has 28 heavy (non-hydrogen) atoms. The highest BCUT2D eigenvalue weighted by atomic mass is 32.2. The highest BCUT2D eigenvalue weighted by Gasteiger charge is 2.13. The summed E-state index contributed by atoms with van der Waals surface area (Å²) in [5.41, 5.74) is 0.847. The number of nitrogens with zero attached hydrogens (tertiary/aromatic N) is 1. The number of ether oxygens (including phenoxy) is 3. The van der Waals surface area contributed by atoms with Crippen LogP contribution in [0.3, 0.4) is 0 Å². The van der Waals surface area contributed by atoms with Gasteiger partial charge in [-0.2, -0.15) is 0 Å². The van der Waals surface area contributed by atoms with Crippen molar-refractivity contribution in [3.63, 3.8) is 0 Å². The Hall–Kier alpha value is -2.45. The van der Waals surface area contributed by atoms with Crippen LogP contribution in [0.25, 0.3) is 10.2 Å². The maximum atomic E-state index is 12.3. The summed E-state index contributed by atoms with van der Waals surface area (Å²) in [5.74, 6) is 2.49. The monoisotopic (exact) mass is 416 g/mol. The van der Waals surface area contributed by atoms with Gasteiger partial charge < -0.3 is 19.5 Å². The molecule has 0 unspecified atom stereocenters. The van der Waals surface area contributed by atoms with Crippen LogP contribution < -0.4 is 19.5 Å². The zero-order valence-corrected chi connectivity index (χ0v) is 17.0. The highest BCUT2D eigenvalue weighted by molar-refractivity contribution is 8.00. The van der Waals surface area contributed by atoms with E-state index in [1.807, 2.05) is 43.3 Å². The molecular weight excluding hydrogens is 396 g/mol. The Balaban J connectivity index is 1.37. The summed E-state index contributed by atoms with van der Waals surface area (Å²) in [7, 11) is 0. The van der Waals surface area contributed by atoms with Gasteiger partial charge in [0.15, 0.2) is 16.6 Å². The van der Waals surface area contributed by atoms with Crippen molar-refractivity contribution in [2.75, 3.05) is 30.9 Å². The van der Waals surface area contributed by atoms with Crippen LogP contribution in [0.1, 0.15) is 13.3 Å². The minimum atomic E-state index is -0.0961. The number of thiazole rings is 1. The van der Waals surface area contributed by atoms with Crippen LogP contribution in [-0.2, 0) is 4.79 Å². The topological polar surface area (TPSA) is 69.7 Å². The first-order valence-corrected chi connectivity index (χ1v) is 10.9. The fourth-order valence-electron chi connectivity index (χ4n) is 2.75. The molecule has 0 saturated carbocycles. The Labute approximate surface area is 171 Å². The second kappa shape index (κ2) is 8.70. The maximum absolute atomic E-state index is 12.3. The zero-order chi connectivity index (χ0) is 19.3. The lowest BCUT2D eigenvalue weighted by Crippen LogP contribution is -2.13. The van der Waals surface area contributed by atoms with E-state index in [1.165, 1.54) is 23.1 Å². The lowest BCUT2D eigenvalue weighted by molar-refractivity contribution is -0.113. The molecule has 1 N–H and O–H groups in total. The van der Waals surface area contributed by atoms with Crippen LogP contribution in [0.4, 0.5) is 5.13 Å². The minimum absolute atomic E-state index is 0.0961. The van der Waals surface area contributed by atoms with Gasteiger partial charge in [0.1, 0.15) is 5.75 Å². The number of rotatable bonds is 6. The molecule has 4 rings (SSSR count). The first kappa shape index (κ1) is 18.9. The Bertz CT molecular complexity index is 989. The van der Waals surface area contributed by atoms with E-state index in [4.69, 9.17) is 14.2 Å². The number of benzene rings is 2. The third-order valence-electron chi connectivity index (χ3n) is 4.01. The molecule has 0 fully saturated rings. The Morgan fingerprint density at radius 3 is 2.93 bits per heavy atom. The second-order valence-corrected chi connectivity index (χ2v) is 8.16. The lowest BCUT2D eigenvalue weighted by atomic mass is 10.3. The number of nitrogens with one attached hydrogen (secondary N) is 1. The molecule has 1 amide bonds. The van der Waals surface area contributed by atoms with Crippen molar-refractivity contribution in [1.82, 2.24) is 4.98 Å². The third kappa shape index (κ3) is 4.51. The number of carbonyl (C=O) groups excluding carboxylic acids is 1. The lowest BCUT2D eigenvalue weighted by Gasteiger charge is -2.09. The van der Waals surface area contributed by atoms with Crippen molar-refractivity contribution >= 4 is 44.4 Å². The molecule has 0 spiro atoms. The van der Waals surface area contributed by atoms with E-state index in [-0.39, 0.29) is 5.91 Å². The summed E-state index contributed by atoms with van der Waals surface area (Å²) in [4.78, 5) is 17.8. The molecule has 3 aromatic rings. The SMILES string of the molecule is CCOc1ccc2nc(NC(=O)CSc3ccc4c(c3)OCCCO4)sc2c1. The molecular formula is C20H20N2O4S2. The van der Waals surface area contributed by atoms with E-state index >= 15 is 0 Å². The molecule has 1 aromatic heterocycles. The highest BCUT2D eigenvalue weighted by Crippen LogP contribution is 2.34. The number of anilines is 1. The van der Waals surface area contributed by atoms with Gasteiger partial charge in [0.05, 0.1) is 35.8 Å². The molecule has 2 aromatic carbocycles. The molecule has 0 bridgehead atoms. The molecule has 1 aliphatic rings. The average Bonchev–Trinajstić information content (AvgIpc) is 2.93. The van der Waals surface area contributed by atoms with Gasteiger partial charge in [-0.3, -0.25) is 4.79 Å². The van der Waals surface area contributed by atoms with Gasteiger partial charge in [0.2, 0.25) is 5.91 Å². The smallest absolute Gasteiger partial charge is 0.236 e. The summed E-state index contributed by atoms with van der Waals surface area (Å²) in [6.07, 6.45) is 0.869. The molecule has 0 saturated heterocycles. The quantitative estimate of drug-likeness (QED) is 0.593. The van der Waals surface area contributed by atoms with Crippen molar-refractivity contribution in [1.29, 1.82) is 0 Å². The van der Waals surface area contributed by atoms with Crippen molar-refractivity contribution in [3.05, 3.63) is 36.4 Å². The van der Waals surface area contributed by atoms with Crippen LogP contribution >= 0.6 is 23.1 Å². The van der Waals surface area contributed by atoms with Gasteiger partial charge in [-0.25, -0.2) is 4.98 Å². The van der Waals surface area contributed by atoms with E-state index in [1.54, 1.807) is 0 Å². The number of aromatic nitrogens is 1. The molecule has 0 atom stereocenters. The molecule has 0 aliphatic carbocycles. The first-order chi connectivity index (χ1) is 13.7. The summed E-state index contributed by atoms with van der Waals surface area (Å²) in [6, 6.07) is 11.5. The molecule has 6 nitrogen and oxygen atoms in total. The minimum Gasteiger partial charge on any atom is -0.494 e. The van der Waals surface area contributed by atoms with Gasteiger partial charge in [-0.1, -0.05) is 11.3 Å². The number of thioether (sulfide) groups is 1. The normalized spacial score (nSPS) is 13.2. The fraction of sp³-hybridized carbons (Fsp3) is 0.300. The van der Waals surface area contributed by atoms with Crippen LogP contribution in [-0.4, -0.2) is 36.5 Å². The van der Waals surface area contributed by atoms with Crippen molar-refractivity contribution < 1.29 is 19.0 Å². The first-order valence-electron chi connectivity index (χ1n) is 9.07. The summed E-state index contributed by atoms with van der Waals surface area (Å²) in [5, 5.41) is 3.47. The van der Waals surface area contributed by atoms with Crippen LogP contribution in [0.2, 0.25) is 0 Å². The van der Waals surface area contributed by atoms with E-state index in [9.17, 15) is 4.79 Å². The predicted octanol–water partition coefficient (Wildman–Crippen LogP) is 4.59. The van der Waals surface area contributed by atoms with E-state index in [0.717, 1.165) is 38.8 Å². The summed E-state index contributed by atoms with van der Waals surface area (Å²) >= 11 is 2.89. The van der Waals surface area contributed by atoms with Crippen LogP contribution in [0, 0.1) is 0 Å². The Kier molecular flexibility index (Phi) is 5.87. The molecule has 146 valence electrons. The number of hydrogen-bond donors (Lipinski definition) is 1. The number of fused-ring (bicyclic) bond motifs is 2. The van der Waals surface area contributed by atoms with Crippen LogP contribution in [0.5, 0.6) is 17.2 Å². The molecule has 8 heteroatoms. The van der Waals surface area contributed by atoms with Crippen LogP contribution in [0.15, 0.2) is 41.3 Å². The summed E-state index contributed by atoms with van der Waals surface area (Å²) < 4.78 is 17.8.